The van der Waals surface area contributed by atoms with Crippen molar-refractivity contribution in [2.45, 2.75) is 31.7 Å². The van der Waals surface area contributed by atoms with Gasteiger partial charge in [0.05, 0.1) is 6.61 Å². The molecule has 0 aromatic heterocycles. The van der Waals surface area contributed by atoms with Gasteiger partial charge in [-0.2, -0.15) is 22.0 Å². The molecule has 0 saturated heterocycles. The predicted molar refractivity (Wildman–Crippen MR) is 71.6 cm³/mol. The van der Waals surface area contributed by atoms with Gasteiger partial charge in [0.15, 0.2) is 0 Å². The van der Waals surface area contributed by atoms with E-state index in [0.717, 1.165) is 0 Å². The minimum absolute atomic E-state index is 0.254. The third-order valence-corrected chi connectivity index (χ3v) is 5.41. The van der Waals surface area contributed by atoms with Crippen LogP contribution in [0.3, 0.4) is 0 Å². The van der Waals surface area contributed by atoms with Crippen molar-refractivity contribution < 1.29 is 44.0 Å². The minimum Gasteiger partial charge on any atom is -0.373 e. The number of halogens is 7. The van der Waals surface area contributed by atoms with E-state index < -0.39 is 40.2 Å². The second-order valence-electron chi connectivity index (χ2n) is 4.60. The van der Waals surface area contributed by atoms with Gasteiger partial charge in [-0.25, -0.2) is 8.78 Å². The van der Waals surface area contributed by atoms with Gasteiger partial charge < -0.3 is 13.3 Å². The Morgan fingerprint density at radius 2 is 1.58 bits per heavy atom. The highest BCUT2D eigenvalue weighted by Crippen LogP contribution is 2.39. The molecule has 0 spiro atoms. The van der Waals surface area contributed by atoms with Crippen LogP contribution in [0.1, 0.15) is 12.5 Å². The molecule has 1 rings (SSSR count). The van der Waals surface area contributed by atoms with E-state index in [1.54, 1.807) is 6.07 Å². The third kappa shape index (κ3) is 6.04. The molecule has 0 saturated carbocycles. The minimum atomic E-state index is -6.03. The van der Waals surface area contributed by atoms with E-state index in [9.17, 15) is 30.7 Å². The first kappa shape index (κ1) is 20.9. The molecule has 0 aliphatic heterocycles. The monoisotopic (exact) mass is 380 g/mol. The van der Waals surface area contributed by atoms with Crippen molar-refractivity contribution in [1.82, 2.24) is 0 Å². The van der Waals surface area contributed by atoms with Crippen molar-refractivity contribution in [2.24, 2.45) is 0 Å². The molecule has 11 heteroatoms. The number of alkyl halides is 7. The van der Waals surface area contributed by atoms with Crippen LogP contribution in [0, 0.1) is 0 Å². The molecule has 0 N–H and O–H groups in total. The van der Waals surface area contributed by atoms with Crippen LogP contribution in [-0.2, 0) is 19.3 Å². The van der Waals surface area contributed by atoms with E-state index in [1.165, 1.54) is 31.2 Å². The topological polar surface area (TPSA) is 27.7 Å². The summed E-state index contributed by atoms with van der Waals surface area (Å²) in [6, 6.07) is 6.77. The average molecular weight is 380 g/mol. The lowest BCUT2D eigenvalue weighted by molar-refractivity contribution is -0.373. The molecule has 0 bridgehead atoms. The molecule has 3 nitrogen and oxygen atoms in total. The fourth-order valence-corrected chi connectivity index (χ4v) is 4.29. The Balaban J connectivity index is 3.14. The van der Waals surface area contributed by atoms with Crippen molar-refractivity contribution in [2.75, 3.05) is 13.2 Å². The van der Waals surface area contributed by atoms with Crippen molar-refractivity contribution in [1.29, 1.82) is 0 Å². The number of rotatable bonds is 9. The maximum atomic E-state index is 13.3. The van der Waals surface area contributed by atoms with E-state index in [0.29, 0.717) is 0 Å². The number of benzene rings is 1. The second kappa shape index (κ2) is 8.27. The molecular formula is C13H15F7O3Si. The van der Waals surface area contributed by atoms with Gasteiger partial charge in [0.2, 0.25) is 0 Å². The van der Waals surface area contributed by atoms with Crippen LogP contribution in [0.15, 0.2) is 30.3 Å². The molecule has 0 radical (unpaired) electrons. The van der Waals surface area contributed by atoms with Gasteiger partial charge >= 0.3 is 21.1 Å². The van der Waals surface area contributed by atoms with Crippen LogP contribution in [0.25, 0.3) is 0 Å². The predicted octanol–water partition coefficient (Wildman–Crippen LogP) is 4.20. The first-order chi connectivity index (χ1) is 11.0. The zero-order valence-corrected chi connectivity index (χ0v) is 13.5. The molecular weight excluding hydrogens is 365 g/mol. The second-order valence-corrected chi connectivity index (χ2v) is 7.10. The Kier molecular flexibility index (Phi) is 7.20. The molecule has 0 aliphatic rings. The lowest BCUT2D eigenvalue weighted by Gasteiger charge is -2.33. The average Bonchev–Trinajstić information content (AvgIpc) is 2.45. The summed E-state index contributed by atoms with van der Waals surface area (Å²) in [5.74, 6) is 0. The highest BCUT2D eigenvalue weighted by atomic mass is 28.4. The molecule has 0 aliphatic carbocycles. The Bertz CT molecular complexity index is 498. The molecule has 0 heterocycles. The van der Waals surface area contributed by atoms with E-state index in [2.05, 4.69) is 8.85 Å². The van der Waals surface area contributed by atoms with E-state index in [4.69, 9.17) is 4.43 Å². The van der Waals surface area contributed by atoms with E-state index >= 15 is 0 Å². The molecule has 1 aromatic rings. The Morgan fingerprint density at radius 1 is 1.00 bits per heavy atom. The molecule has 0 fully saturated rings. The molecule has 1 atom stereocenters. The van der Waals surface area contributed by atoms with Crippen LogP contribution >= 0.6 is 0 Å². The third-order valence-electron chi connectivity index (χ3n) is 2.67. The molecule has 1 unspecified atom stereocenters. The number of hydrogen-bond donors (Lipinski definition) is 0. The fraction of sp³-hybridized carbons (Fsp3) is 0.538. The SMILES string of the molecule is CCO[Si](Cc1ccccc1)(OCC(F)F)OC(F)(F)C(F)(F)F. The maximum Gasteiger partial charge on any atom is 0.510 e. The zero-order valence-electron chi connectivity index (χ0n) is 12.5. The van der Waals surface area contributed by atoms with Gasteiger partial charge in [-0.3, -0.25) is 0 Å². The first-order valence-electron chi connectivity index (χ1n) is 6.76. The number of hydrogen-bond acceptors (Lipinski definition) is 3. The fourth-order valence-electron chi connectivity index (χ4n) is 1.75. The van der Waals surface area contributed by atoms with Crippen LogP contribution < -0.4 is 0 Å². The molecule has 138 valence electrons. The largest absolute Gasteiger partial charge is 0.510 e. The van der Waals surface area contributed by atoms with Crippen molar-refractivity contribution >= 4 is 8.80 Å². The Labute approximate surface area is 134 Å². The quantitative estimate of drug-likeness (QED) is 0.475. The summed E-state index contributed by atoms with van der Waals surface area (Å²) in [5, 5.41) is 0. The summed E-state index contributed by atoms with van der Waals surface area (Å²) in [5.41, 5.74) is 0.254. The van der Waals surface area contributed by atoms with Gasteiger partial charge in [-0.15, -0.1) is 0 Å². The smallest absolute Gasteiger partial charge is 0.373 e. The van der Waals surface area contributed by atoms with Crippen LogP contribution in [0.2, 0.25) is 0 Å². The highest BCUT2D eigenvalue weighted by Gasteiger charge is 2.65. The normalized spacial score (nSPS) is 15.5. The van der Waals surface area contributed by atoms with E-state index in [1.807, 2.05) is 0 Å². The summed E-state index contributed by atoms with van der Waals surface area (Å²) in [7, 11) is -4.79. The molecule has 24 heavy (non-hydrogen) atoms. The molecule has 1 aromatic carbocycles. The van der Waals surface area contributed by atoms with Gasteiger partial charge in [0.25, 0.3) is 6.43 Å². The van der Waals surface area contributed by atoms with Crippen molar-refractivity contribution in [3.63, 3.8) is 0 Å². The Hall–Kier alpha value is -1.17. The Morgan fingerprint density at radius 3 is 2.04 bits per heavy atom. The lowest BCUT2D eigenvalue weighted by atomic mass is 10.2. The summed E-state index contributed by atoms with van der Waals surface area (Å²) in [6.07, 6.45) is -14.7. The zero-order chi connectivity index (χ0) is 18.4. The van der Waals surface area contributed by atoms with Gasteiger partial charge in [-0.1, -0.05) is 30.3 Å². The van der Waals surface area contributed by atoms with Gasteiger partial charge in [0, 0.05) is 12.7 Å². The first-order valence-corrected chi connectivity index (χ1v) is 8.69. The summed E-state index contributed by atoms with van der Waals surface area (Å²) in [4.78, 5) is 0. The standard InChI is InChI=1S/C13H15F7O3Si/c1-2-21-24(22-8-11(14)15,9-10-6-4-3-5-7-10)23-13(19,20)12(16,17)18/h3-7,11H,2,8-9H2,1H3. The van der Waals surface area contributed by atoms with Gasteiger partial charge in [0.1, 0.15) is 0 Å². The summed E-state index contributed by atoms with van der Waals surface area (Å²) in [6.45, 7) is -0.434. The highest BCUT2D eigenvalue weighted by molar-refractivity contribution is 6.60. The summed E-state index contributed by atoms with van der Waals surface area (Å²) >= 11 is 0. The lowest BCUT2D eigenvalue weighted by Crippen LogP contribution is -2.57. The van der Waals surface area contributed by atoms with Crippen molar-refractivity contribution in [3.05, 3.63) is 35.9 Å². The van der Waals surface area contributed by atoms with Gasteiger partial charge in [-0.05, 0) is 12.5 Å². The summed E-state index contributed by atoms with van der Waals surface area (Å²) < 4.78 is 102. The van der Waals surface area contributed by atoms with E-state index in [-0.39, 0.29) is 12.2 Å². The maximum absolute atomic E-state index is 13.3. The van der Waals surface area contributed by atoms with Crippen LogP contribution in [0.4, 0.5) is 30.7 Å². The van der Waals surface area contributed by atoms with Crippen LogP contribution in [-0.4, -0.2) is 40.7 Å². The molecule has 0 amide bonds. The van der Waals surface area contributed by atoms with Crippen LogP contribution in [0.5, 0.6) is 0 Å². The van der Waals surface area contributed by atoms with Crippen molar-refractivity contribution in [3.8, 4) is 0 Å².